The number of anilines is 1. The Morgan fingerprint density at radius 1 is 1.23 bits per heavy atom. The fraction of sp³-hybridized carbons (Fsp3) is 0.333. The number of hydrogen-bond donors (Lipinski definition) is 2. The molecule has 0 bridgehead atoms. The standard InChI is InChI=1S/C15H19N5O2/c1-4-11-7-6-8-12(5-2)13(11)20-9-16-14(17-15(20)22)19-18-10(3)21/h6-9H,4-5H2,1-3H3,(H,18,21)(H,17,19,22). The van der Waals surface area contributed by atoms with Crippen molar-refractivity contribution in [3.63, 3.8) is 0 Å². The molecule has 0 saturated carbocycles. The Hall–Kier alpha value is -2.70. The first-order chi connectivity index (χ1) is 10.6. The summed E-state index contributed by atoms with van der Waals surface area (Å²) in [4.78, 5) is 31.0. The molecule has 0 radical (unpaired) electrons. The van der Waals surface area contributed by atoms with Gasteiger partial charge in [0.05, 0.1) is 5.69 Å². The SMILES string of the molecule is CCc1cccc(CC)c1-n1cnc(NNC(C)=O)nc1=O. The highest BCUT2D eigenvalue weighted by atomic mass is 16.2. The van der Waals surface area contributed by atoms with Crippen LogP contribution in [-0.4, -0.2) is 20.4 Å². The van der Waals surface area contributed by atoms with Gasteiger partial charge in [-0.3, -0.25) is 20.2 Å². The van der Waals surface area contributed by atoms with E-state index in [1.165, 1.54) is 17.8 Å². The minimum Gasteiger partial charge on any atom is -0.274 e. The molecule has 0 aliphatic rings. The van der Waals surface area contributed by atoms with Crippen LogP contribution < -0.4 is 16.5 Å². The topological polar surface area (TPSA) is 88.9 Å². The second-order valence-electron chi connectivity index (χ2n) is 4.77. The molecule has 1 amide bonds. The number of aromatic nitrogens is 3. The maximum atomic E-state index is 12.3. The Labute approximate surface area is 128 Å². The number of benzene rings is 1. The summed E-state index contributed by atoms with van der Waals surface area (Å²) in [6, 6.07) is 5.97. The van der Waals surface area contributed by atoms with Gasteiger partial charge in [-0.05, 0) is 24.0 Å². The lowest BCUT2D eigenvalue weighted by Gasteiger charge is -2.14. The number of carbonyl (C=O) groups excluding carboxylic acids is 1. The zero-order valence-corrected chi connectivity index (χ0v) is 12.9. The predicted molar refractivity (Wildman–Crippen MR) is 83.8 cm³/mol. The minimum atomic E-state index is -0.446. The summed E-state index contributed by atoms with van der Waals surface area (Å²) in [5, 5.41) is 0. The van der Waals surface area contributed by atoms with E-state index in [9.17, 15) is 9.59 Å². The van der Waals surface area contributed by atoms with Crippen LogP contribution in [0.2, 0.25) is 0 Å². The molecule has 1 heterocycles. The maximum absolute atomic E-state index is 12.3. The first kappa shape index (κ1) is 15.7. The van der Waals surface area contributed by atoms with Gasteiger partial charge in [-0.25, -0.2) is 9.78 Å². The summed E-state index contributed by atoms with van der Waals surface area (Å²) >= 11 is 0. The molecule has 116 valence electrons. The Kier molecular flexibility index (Phi) is 4.88. The molecule has 2 aromatic rings. The molecule has 2 N–H and O–H groups in total. The summed E-state index contributed by atoms with van der Waals surface area (Å²) in [5.74, 6) is -0.235. The molecule has 1 aromatic carbocycles. The van der Waals surface area contributed by atoms with Crippen LogP contribution in [0.15, 0.2) is 29.3 Å². The highest BCUT2D eigenvalue weighted by molar-refractivity contribution is 5.73. The van der Waals surface area contributed by atoms with Crippen LogP contribution in [0, 0.1) is 0 Å². The van der Waals surface area contributed by atoms with Crippen molar-refractivity contribution in [3.8, 4) is 5.69 Å². The molecule has 0 aliphatic carbocycles. The van der Waals surface area contributed by atoms with Crippen molar-refractivity contribution in [2.24, 2.45) is 0 Å². The first-order valence-electron chi connectivity index (χ1n) is 7.16. The second kappa shape index (κ2) is 6.84. The van der Waals surface area contributed by atoms with Crippen molar-refractivity contribution in [3.05, 3.63) is 46.1 Å². The van der Waals surface area contributed by atoms with Crippen molar-refractivity contribution < 1.29 is 4.79 Å². The van der Waals surface area contributed by atoms with Crippen LogP contribution in [0.5, 0.6) is 0 Å². The van der Waals surface area contributed by atoms with Gasteiger partial charge in [-0.1, -0.05) is 32.0 Å². The summed E-state index contributed by atoms with van der Waals surface area (Å²) < 4.78 is 1.44. The molecular weight excluding hydrogens is 282 g/mol. The molecule has 0 aliphatic heterocycles. The molecule has 0 unspecified atom stereocenters. The van der Waals surface area contributed by atoms with Crippen LogP contribution in [0.3, 0.4) is 0 Å². The van der Waals surface area contributed by atoms with Crippen molar-refractivity contribution in [1.82, 2.24) is 20.0 Å². The van der Waals surface area contributed by atoms with Crippen molar-refractivity contribution in [2.75, 3.05) is 5.43 Å². The normalized spacial score (nSPS) is 10.3. The largest absolute Gasteiger partial charge is 0.356 e. The highest BCUT2D eigenvalue weighted by Crippen LogP contribution is 2.19. The molecule has 0 spiro atoms. The Morgan fingerprint density at radius 2 is 1.86 bits per heavy atom. The van der Waals surface area contributed by atoms with E-state index in [1.807, 2.05) is 32.0 Å². The van der Waals surface area contributed by atoms with E-state index >= 15 is 0 Å². The average molecular weight is 301 g/mol. The summed E-state index contributed by atoms with van der Waals surface area (Å²) in [6.45, 7) is 5.42. The molecule has 1 aromatic heterocycles. The van der Waals surface area contributed by atoms with Gasteiger partial charge in [0.15, 0.2) is 0 Å². The van der Waals surface area contributed by atoms with Crippen molar-refractivity contribution in [1.29, 1.82) is 0 Å². The summed E-state index contributed by atoms with van der Waals surface area (Å²) in [5.41, 5.74) is 7.33. The molecule has 0 atom stereocenters. The highest BCUT2D eigenvalue weighted by Gasteiger charge is 2.11. The Bertz CT molecular complexity index is 717. The van der Waals surface area contributed by atoms with Gasteiger partial charge in [0.25, 0.3) is 0 Å². The van der Waals surface area contributed by atoms with Crippen LogP contribution >= 0.6 is 0 Å². The van der Waals surface area contributed by atoms with E-state index < -0.39 is 5.69 Å². The first-order valence-corrected chi connectivity index (χ1v) is 7.16. The number of aryl methyl sites for hydroxylation is 2. The van der Waals surface area contributed by atoms with Crippen molar-refractivity contribution in [2.45, 2.75) is 33.6 Å². The van der Waals surface area contributed by atoms with Crippen LogP contribution in [0.4, 0.5) is 5.95 Å². The van der Waals surface area contributed by atoms with Gasteiger partial charge in [0.1, 0.15) is 6.33 Å². The molecule has 0 saturated heterocycles. The minimum absolute atomic E-state index is 0.0588. The van der Waals surface area contributed by atoms with E-state index in [0.717, 1.165) is 29.7 Å². The lowest BCUT2D eigenvalue weighted by Crippen LogP contribution is -2.31. The Balaban J connectivity index is 2.46. The Morgan fingerprint density at radius 3 is 2.36 bits per heavy atom. The average Bonchev–Trinajstić information content (AvgIpc) is 2.52. The molecule has 22 heavy (non-hydrogen) atoms. The third-order valence-corrected chi connectivity index (χ3v) is 3.26. The number of rotatable bonds is 5. The predicted octanol–water partition coefficient (Wildman–Crippen LogP) is 1.22. The van der Waals surface area contributed by atoms with Gasteiger partial charge in [0.2, 0.25) is 11.9 Å². The number of amides is 1. The van der Waals surface area contributed by atoms with E-state index in [0.29, 0.717) is 0 Å². The van der Waals surface area contributed by atoms with Gasteiger partial charge >= 0.3 is 5.69 Å². The van der Waals surface area contributed by atoms with E-state index in [4.69, 9.17) is 0 Å². The molecule has 7 nitrogen and oxygen atoms in total. The van der Waals surface area contributed by atoms with Gasteiger partial charge in [-0.2, -0.15) is 4.98 Å². The number of nitrogens with one attached hydrogen (secondary N) is 2. The summed E-state index contributed by atoms with van der Waals surface area (Å²) in [6.07, 6.45) is 3.04. The number of hydrazine groups is 1. The molecule has 0 fully saturated rings. The number of hydrogen-bond acceptors (Lipinski definition) is 5. The quantitative estimate of drug-likeness (QED) is 0.810. The van der Waals surface area contributed by atoms with E-state index in [1.54, 1.807) is 0 Å². The number of carbonyl (C=O) groups is 1. The van der Waals surface area contributed by atoms with Gasteiger partial charge < -0.3 is 0 Å². The van der Waals surface area contributed by atoms with Gasteiger partial charge in [-0.15, -0.1) is 0 Å². The monoisotopic (exact) mass is 301 g/mol. The van der Waals surface area contributed by atoms with Crippen LogP contribution in [0.25, 0.3) is 5.69 Å². The van der Waals surface area contributed by atoms with Gasteiger partial charge in [0, 0.05) is 6.92 Å². The van der Waals surface area contributed by atoms with Crippen LogP contribution in [0.1, 0.15) is 31.9 Å². The maximum Gasteiger partial charge on any atom is 0.356 e. The zero-order chi connectivity index (χ0) is 16.1. The molecule has 2 rings (SSSR count). The smallest absolute Gasteiger partial charge is 0.274 e. The lowest BCUT2D eigenvalue weighted by atomic mass is 10.0. The summed E-state index contributed by atoms with van der Waals surface area (Å²) in [7, 11) is 0. The number of nitrogens with zero attached hydrogens (tertiary/aromatic N) is 3. The van der Waals surface area contributed by atoms with E-state index in [-0.39, 0.29) is 11.9 Å². The fourth-order valence-corrected chi connectivity index (χ4v) is 2.22. The number of para-hydroxylation sites is 1. The van der Waals surface area contributed by atoms with Crippen LogP contribution in [-0.2, 0) is 17.6 Å². The third kappa shape index (κ3) is 3.30. The molecular formula is C15H19N5O2. The second-order valence-corrected chi connectivity index (χ2v) is 4.77. The van der Waals surface area contributed by atoms with Crippen molar-refractivity contribution >= 4 is 11.9 Å². The molecule has 7 heteroatoms. The zero-order valence-electron chi connectivity index (χ0n) is 12.9. The van der Waals surface area contributed by atoms with E-state index in [2.05, 4.69) is 20.8 Å². The lowest BCUT2D eigenvalue weighted by molar-refractivity contribution is -0.118. The third-order valence-electron chi connectivity index (χ3n) is 3.26. The fourth-order valence-electron chi connectivity index (χ4n) is 2.22.